The largest absolute Gasteiger partial charge is 0.508 e. The quantitative estimate of drug-likeness (QED) is 0.862. The van der Waals surface area contributed by atoms with Gasteiger partial charge in [-0.3, -0.25) is 4.79 Å². The Morgan fingerprint density at radius 3 is 2.78 bits per heavy atom. The zero-order valence-electron chi connectivity index (χ0n) is 11.0. The Bertz CT molecular complexity index is 482. The van der Waals surface area contributed by atoms with Crippen molar-refractivity contribution in [1.82, 2.24) is 0 Å². The van der Waals surface area contributed by atoms with Gasteiger partial charge < -0.3 is 15.1 Å². The number of benzene rings is 1. The van der Waals surface area contributed by atoms with Crippen LogP contribution in [0.25, 0.3) is 0 Å². The van der Waals surface area contributed by atoms with Crippen molar-refractivity contribution in [1.29, 1.82) is 0 Å². The first-order chi connectivity index (χ1) is 8.31. The summed E-state index contributed by atoms with van der Waals surface area (Å²) in [5.74, 6) is -0.505. The van der Waals surface area contributed by atoms with Gasteiger partial charge in [-0.15, -0.1) is 0 Å². The summed E-state index contributed by atoms with van der Waals surface area (Å²) in [5.41, 5.74) is 1.44. The van der Waals surface area contributed by atoms with E-state index < -0.39 is 11.4 Å². The van der Waals surface area contributed by atoms with Gasteiger partial charge in [-0.25, -0.2) is 0 Å². The number of carboxylic acids is 1. The normalized spacial score (nSPS) is 18.8. The van der Waals surface area contributed by atoms with E-state index in [1.165, 1.54) is 0 Å². The zero-order chi connectivity index (χ0) is 13.5. The molecule has 0 fully saturated rings. The van der Waals surface area contributed by atoms with Crippen molar-refractivity contribution in [3.63, 3.8) is 0 Å². The average molecular weight is 249 g/mol. The first-order valence-electron chi connectivity index (χ1n) is 6.09. The van der Waals surface area contributed by atoms with Crippen molar-refractivity contribution < 1.29 is 15.0 Å². The zero-order valence-corrected chi connectivity index (χ0v) is 11.0. The highest BCUT2D eigenvalue weighted by molar-refractivity contribution is 5.74. The number of nitrogens with zero attached hydrogens (tertiary/aromatic N) is 1. The van der Waals surface area contributed by atoms with Crippen molar-refractivity contribution in [2.75, 3.05) is 11.9 Å². The van der Waals surface area contributed by atoms with Crippen LogP contribution in [0.1, 0.15) is 25.8 Å². The lowest BCUT2D eigenvalue weighted by Gasteiger charge is -2.29. The highest BCUT2D eigenvalue weighted by atomic mass is 16.4. The number of anilines is 1. The van der Waals surface area contributed by atoms with Crippen LogP contribution in [-0.2, 0) is 11.2 Å². The van der Waals surface area contributed by atoms with Crippen LogP contribution in [0.4, 0.5) is 5.69 Å². The molecule has 1 heterocycles. The van der Waals surface area contributed by atoms with Crippen LogP contribution >= 0.6 is 0 Å². The number of hydrogen-bond acceptors (Lipinski definition) is 3. The highest BCUT2D eigenvalue weighted by Gasteiger charge is 2.35. The Kier molecular flexibility index (Phi) is 2.97. The van der Waals surface area contributed by atoms with Crippen molar-refractivity contribution in [2.24, 2.45) is 5.41 Å². The van der Waals surface area contributed by atoms with Gasteiger partial charge in [-0.05, 0) is 50.5 Å². The van der Waals surface area contributed by atoms with Gasteiger partial charge in [-0.1, -0.05) is 0 Å². The van der Waals surface area contributed by atoms with E-state index in [0.29, 0.717) is 6.42 Å². The van der Waals surface area contributed by atoms with Gasteiger partial charge in [0.1, 0.15) is 5.75 Å². The van der Waals surface area contributed by atoms with Crippen LogP contribution in [0.15, 0.2) is 18.2 Å². The summed E-state index contributed by atoms with van der Waals surface area (Å²) in [6.07, 6.45) is 1.38. The van der Waals surface area contributed by atoms with E-state index in [1.54, 1.807) is 26.0 Å². The molecule has 98 valence electrons. The average Bonchev–Trinajstić information content (AvgIpc) is 2.54. The third-order valence-electron chi connectivity index (χ3n) is 3.77. The standard InChI is InChI=1S/C14H19NO3/c1-14(2,13(17)18)8-10-6-9-7-11(16)4-5-12(9)15(10)3/h4-5,7,10,16H,6,8H2,1-3H3,(H,17,18). The maximum Gasteiger partial charge on any atom is 0.309 e. The van der Waals surface area contributed by atoms with Gasteiger partial charge >= 0.3 is 5.97 Å². The fourth-order valence-electron chi connectivity index (χ4n) is 2.55. The van der Waals surface area contributed by atoms with Crippen LogP contribution in [0.5, 0.6) is 5.75 Å². The lowest BCUT2D eigenvalue weighted by atomic mass is 9.85. The summed E-state index contributed by atoms with van der Waals surface area (Å²) in [7, 11) is 1.98. The number of hydrogen-bond donors (Lipinski definition) is 2. The van der Waals surface area contributed by atoms with Gasteiger partial charge in [-0.2, -0.15) is 0 Å². The molecule has 0 amide bonds. The minimum atomic E-state index is -0.769. The topological polar surface area (TPSA) is 60.8 Å². The first-order valence-corrected chi connectivity index (χ1v) is 6.09. The van der Waals surface area contributed by atoms with Gasteiger partial charge in [0.05, 0.1) is 5.41 Å². The minimum absolute atomic E-state index is 0.174. The number of carboxylic acid groups (broad SMARTS) is 1. The summed E-state index contributed by atoms with van der Waals surface area (Å²) in [6, 6.07) is 5.49. The second kappa shape index (κ2) is 4.19. The molecule has 4 heteroatoms. The molecule has 18 heavy (non-hydrogen) atoms. The molecule has 4 nitrogen and oxygen atoms in total. The van der Waals surface area contributed by atoms with Crippen molar-refractivity contribution >= 4 is 11.7 Å². The SMILES string of the molecule is CN1c2ccc(O)cc2CC1CC(C)(C)C(=O)O. The second-order valence-corrected chi connectivity index (χ2v) is 5.68. The predicted octanol–water partition coefficient (Wildman–Crippen LogP) is 2.25. The number of phenols is 1. The second-order valence-electron chi connectivity index (χ2n) is 5.68. The number of carbonyl (C=O) groups is 1. The molecule has 0 spiro atoms. The van der Waals surface area contributed by atoms with E-state index in [4.69, 9.17) is 0 Å². The highest BCUT2D eigenvalue weighted by Crippen LogP contribution is 2.37. The Labute approximate surface area is 107 Å². The molecule has 0 radical (unpaired) electrons. The summed E-state index contributed by atoms with van der Waals surface area (Å²) in [5, 5.41) is 18.7. The number of aromatic hydroxyl groups is 1. The van der Waals surface area contributed by atoms with Gasteiger partial charge in [0.2, 0.25) is 0 Å². The molecule has 1 unspecified atom stereocenters. The summed E-state index contributed by atoms with van der Waals surface area (Å²) in [6.45, 7) is 3.51. The fraction of sp³-hybridized carbons (Fsp3) is 0.500. The van der Waals surface area contributed by atoms with E-state index >= 15 is 0 Å². The minimum Gasteiger partial charge on any atom is -0.508 e. The molecule has 1 aromatic carbocycles. The molecule has 1 aliphatic heterocycles. The predicted molar refractivity (Wildman–Crippen MR) is 70.0 cm³/mol. The van der Waals surface area contributed by atoms with Crippen molar-refractivity contribution in [3.8, 4) is 5.75 Å². The van der Waals surface area contributed by atoms with E-state index in [0.717, 1.165) is 17.7 Å². The maximum atomic E-state index is 11.2. The lowest BCUT2D eigenvalue weighted by Crippen LogP contribution is -2.36. The van der Waals surface area contributed by atoms with Crippen LogP contribution in [0.3, 0.4) is 0 Å². The summed E-state index contributed by atoms with van der Waals surface area (Å²) >= 11 is 0. The molecular weight excluding hydrogens is 230 g/mol. The van der Waals surface area contributed by atoms with Crippen LogP contribution in [0.2, 0.25) is 0 Å². The van der Waals surface area contributed by atoms with E-state index in [-0.39, 0.29) is 11.8 Å². The smallest absolute Gasteiger partial charge is 0.309 e. The monoisotopic (exact) mass is 249 g/mol. The molecule has 0 saturated heterocycles. The van der Waals surface area contributed by atoms with E-state index in [1.807, 2.05) is 13.1 Å². The molecule has 2 rings (SSSR count). The number of likely N-dealkylation sites (N-methyl/N-ethyl adjacent to an activating group) is 1. The molecule has 0 bridgehead atoms. The summed E-state index contributed by atoms with van der Waals surface area (Å²) in [4.78, 5) is 13.3. The molecular formula is C14H19NO3. The molecule has 1 atom stereocenters. The number of fused-ring (bicyclic) bond motifs is 1. The van der Waals surface area contributed by atoms with Crippen LogP contribution in [-0.4, -0.2) is 29.3 Å². The number of rotatable bonds is 3. The van der Waals surface area contributed by atoms with Gasteiger partial charge in [0.15, 0.2) is 0 Å². The maximum absolute atomic E-state index is 11.2. The molecule has 1 aliphatic rings. The third-order valence-corrected chi connectivity index (χ3v) is 3.77. The summed E-state index contributed by atoms with van der Waals surface area (Å²) < 4.78 is 0. The first kappa shape index (κ1) is 12.7. The van der Waals surface area contributed by atoms with Gasteiger partial charge in [0.25, 0.3) is 0 Å². The third kappa shape index (κ3) is 2.15. The molecule has 0 aliphatic carbocycles. The van der Waals surface area contributed by atoms with Gasteiger partial charge in [0, 0.05) is 18.8 Å². The van der Waals surface area contributed by atoms with E-state index in [2.05, 4.69) is 4.90 Å². The molecule has 1 aromatic rings. The van der Waals surface area contributed by atoms with Crippen LogP contribution < -0.4 is 4.90 Å². The molecule has 0 saturated carbocycles. The Hall–Kier alpha value is -1.71. The number of phenolic OH excluding ortho intramolecular Hbond substituents is 1. The van der Waals surface area contributed by atoms with Crippen molar-refractivity contribution in [2.45, 2.75) is 32.7 Å². The molecule has 0 aromatic heterocycles. The number of aliphatic carboxylic acids is 1. The fourth-order valence-corrected chi connectivity index (χ4v) is 2.55. The lowest BCUT2D eigenvalue weighted by molar-refractivity contribution is -0.147. The van der Waals surface area contributed by atoms with Crippen molar-refractivity contribution in [3.05, 3.63) is 23.8 Å². The molecule has 2 N–H and O–H groups in total. The Balaban J connectivity index is 2.19. The van der Waals surface area contributed by atoms with E-state index in [9.17, 15) is 15.0 Å². The Morgan fingerprint density at radius 1 is 1.50 bits per heavy atom. The Morgan fingerprint density at radius 2 is 2.17 bits per heavy atom. The van der Waals surface area contributed by atoms with Crippen LogP contribution in [0, 0.1) is 5.41 Å².